The average Bonchev–Trinajstić information content (AvgIpc) is 2.97. The van der Waals surface area contributed by atoms with Crippen LogP contribution in [-0.4, -0.2) is 34.9 Å². The summed E-state index contributed by atoms with van der Waals surface area (Å²) < 4.78 is 2.05. The molecule has 0 spiro atoms. The molecule has 2 aromatic carbocycles. The van der Waals surface area contributed by atoms with Crippen molar-refractivity contribution in [3.8, 4) is 0 Å². The van der Waals surface area contributed by atoms with Gasteiger partial charge in [0.2, 0.25) is 0 Å². The molecule has 0 aliphatic heterocycles. The number of fused-ring (bicyclic) bond motifs is 2. The summed E-state index contributed by atoms with van der Waals surface area (Å²) in [5.41, 5.74) is 4.02. The molecule has 0 saturated heterocycles. The van der Waals surface area contributed by atoms with Gasteiger partial charge in [0.15, 0.2) is 5.43 Å². The Bertz CT molecular complexity index is 1050. The summed E-state index contributed by atoms with van der Waals surface area (Å²) in [4.78, 5) is 19.7. The Morgan fingerprint density at radius 2 is 1.96 bits per heavy atom. The van der Waals surface area contributed by atoms with Crippen LogP contribution in [0, 0.1) is 0 Å². The molecule has 116 valence electrons. The molecule has 0 atom stereocenters. The third-order valence-corrected chi connectivity index (χ3v) is 4.48. The first-order valence-electron chi connectivity index (χ1n) is 7.94. The summed E-state index contributed by atoms with van der Waals surface area (Å²) in [5, 5.41) is 1.59. The topological polar surface area (TPSA) is 37.6 Å². The first-order chi connectivity index (χ1) is 11.2. The second kappa shape index (κ2) is 5.32. The predicted octanol–water partition coefficient (Wildman–Crippen LogP) is 2.93. The minimum atomic E-state index is 0.124. The van der Waals surface area contributed by atoms with E-state index in [1.54, 1.807) is 0 Å². The zero-order valence-electron chi connectivity index (χ0n) is 13.4. The van der Waals surface area contributed by atoms with Gasteiger partial charge in [0.1, 0.15) is 6.33 Å². The maximum Gasteiger partial charge on any atom is 0.197 e. The highest BCUT2D eigenvalue weighted by molar-refractivity contribution is 6.02. The fourth-order valence-corrected chi connectivity index (χ4v) is 3.39. The van der Waals surface area contributed by atoms with Crippen LogP contribution in [0.25, 0.3) is 27.3 Å². The first-order valence-corrected chi connectivity index (χ1v) is 7.94. The number of aryl methyl sites for hydroxylation is 1. The second-order valence-corrected chi connectivity index (χ2v) is 6.34. The average molecular weight is 305 g/mol. The molecule has 0 N–H and O–H groups in total. The number of pyridine rings is 1. The Balaban J connectivity index is 2.01. The molecule has 0 unspecified atom stereocenters. The van der Waals surface area contributed by atoms with Crippen LogP contribution >= 0.6 is 0 Å². The van der Waals surface area contributed by atoms with Gasteiger partial charge in [-0.05, 0) is 57.2 Å². The molecule has 2 heterocycles. The van der Waals surface area contributed by atoms with Crippen molar-refractivity contribution in [2.24, 2.45) is 0 Å². The van der Waals surface area contributed by atoms with E-state index in [-0.39, 0.29) is 5.43 Å². The standard InChI is InChI=1S/C19H19N3O/c1-21(2)11-5-6-13-9-10-15-18-17(13)19(23)14-7-3-4-8-16(14)22(18)12-20-15/h3-4,7-10,12H,5-6,11H2,1-2H3. The number of imidazole rings is 1. The van der Waals surface area contributed by atoms with Crippen LogP contribution in [0.15, 0.2) is 47.5 Å². The van der Waals surface area contributed by atoms with Crippen molar-refractivity contribution in [2.75, 3.05) is 20.6 Å². The third kappa shape index (κ3) is 2.18. The lowest BCUT2D eigenvalue weighted by Crippen LogP contribution is -2.14. The summed E-state index contributed by atoms with van der Waals surface area (Å²) in [6, 6.07) is 11.9. The number of aromatic nitrogens is 2. The number of hydrogen-bond donors (Lipinski definition) is 0. The molecule has 4 heteroatoms. The van der Waals surface area contributed by atoms with E-state index in [0.717, 1.165) is 52.3 Å². The minimum absolute atomic E-state index is 0.124. The minimum Gasteiger partial charge on any atom is -0.309 e. The predicted molar refractivity (Wildman–Crippen MR) is 94.5 cm³/mol. The summed E-state index contributed by atoms with van der Waals surface area (Å²) in [6.07, 6.45) is 3.76. The normalized spacial score (nSPS) is 12.1. The van der Waals surface area contributed by atoms with Crippen LogP contribution in [0.1, 0.15) is 12.0 Å². The molecular weight excluding hydrogens is 286 g/mol. The number of hydrogen-bond acceptors (Lipinski definition) is 3. The molecule has 4 nitrogen and oxygen atoms in total. The number of para-hydroxylation sites is 1. The van der Waals surface area contributed by atoms with Crippen LogP contribution < -0.4 is 5.43 Å². The Morgan fingerprint density at radius 3 is 2.78 bits per heavy atom. The second-order valence-electron chi connectivity index (χ2n) is 6.34. The van der Waals surface area contributed by atoms with Gasteiger partial charge in [0.05, 0.1) is 21.9 Å². The Morgan fingerprint density at radius 1 is 1.13 bits per heavy atom. The van der Waals surface area contributed by atoms with Gasteiger partial charge < -0.3 is 4.90 Å². The lowest BCUT2D eigenvalue weighted by atomic mass is 10.0. The maximum atomic E-state index is 13.1. The molecule has 2 aromatic heterocycles. The lowest BCUT2D eigenvalue weighted by molar-refractivity contribution is 0.400. The van der Waals surface area contributed by atoms with Gasteiger partial charge >= 0.3 is 0 Å². The molecule has 4 aromatic rings. The van der Waals surface area contributed by atoms with Crippen LogP contribution in [0.4, 0.5) is 0 Å². The van der Waals surface area contributed by atoms with Crippen LogP contribution in [0.5, 0.6) is 0 Å². The summed E-state index contributed by atoms with van der Waals surface area (Å²) in [7, 11) is 4.15. The number of rotatable bonds is 4. The van der Waals surface area contributed by atoms with Crippen molar-refractivity contribution >= 4 is 27.3 Å². The molecule has 0 amide bonds. The SMILES string of the molecule is CN(C)CCCc1ccc2ncn3c4ccccc4c(=O)c1c23. The highest BCUT2D eigenvalue weighted by Crippen LogP contribution is 2.26. The van der Waals surface area contributed by atoms with E-state index >= 15 is 0 Å². The first kappa shape index (κ1) is 14.2. The van der Waals surface area contributed by atoms with E-state index in [1.165, 1.54) is 0 Å². The van der Waals surface area contributed by atoms with Crippen molar-refractivity contribution in [3.63, 3.8) is 0 Å². The highest BCUT2D eigenvalue weighted by Gasteiger charge is 2.15. The number of benzene rings is 2. The largest absolute Gasteiger partial charge is 0.309 e. The van der Waals surface area contributed by atoms with Crippen LogP contribution in [-0.2, 0) is 6.42 Å². The molecule has 0 bridgehead atoms. The summed E-state index contributed by atoms with van der Waals surface area (Å²) in [6.45, 7) is 1.02. The van der Waals surface area contributed by atoms with Gasteiger partial charge in [-0.15, -0.1) is 0 Å². The van der Waals surface area contributed by atoms with E-state index in [2.05, 4.69) is 34.4 Å². The highest BCUT2D eigenvalue weighted by atomic mass is 16.1. The molecule has 0 aliphatic rings. The Labute approximate surface area is 134 Å². The molecule has 0 aliphatic carbocycles. The molecule has 0 fully saturated rings. The molecule has 0 radical (unpaired) electrons. The van der Waals surface area contributed by atoms with E-state index in [9.17, 15) is 4.79 Å². The zero-order chi connectivity index (χ0) is 16.0. The molecule has 0 saturated carbocycles. The molecule has 23 heavy (non-hydrogen) atoms. The van der Waals surface area contributed by atoms with Crippen molar-refractivity contribution in [1.82, 2.24) is 14.3 Å². The fraction of sp³-hybridized carbons (Fsp3) is 0.263. The van der Waals surface area contributed by atoms with Gasteiger partial charge in [-0.25, -0.2) is 4.98 Å². The summed E-state index contributed by atoms with van der Waals surface area (Å²) in [5.74, 6) is 0. The maximum absolute atomic E-state index is 13.1. The van der Waals surface area contributed by atoms with E-state index < -0.39 is 0 Å². The van der Waals surface area contributed by atoms with Crippen molar-refractivity contribution in [1.29, 1.82) is 0 Å². The molecule has 4 rings (SSSR count). The van der Waals surface area contributed by atoms with Crippen molar-refractivity contribution in [2.45, 2.75) is 12.8 Å². The van der Waals surface area contributed by atoms with Gasteiger partial charge in [0.25, 0.3) is 0 Å². The van der Waals surface area contributed by atoms with Gasteiger partial charge in [0, 0.05) is 5.39 Å². The number of nitrogens with zero attached hydrogens (tertiary/aromatic N) is 3. The lowest BCUT2D eigenvalue weighted by Gasteiger charge is -2.11. The Kier molecular flexibility index (Phi) is 3.27. The monoisotopic (exact) mass is 305 g/mol. The van der Waals surface area contributed by atoms with E-state index in [4.69, 9.17) is 0 Å². The van der Waals surface area contributed by atoms with Crippen molar-refractivity contribution < 1.29 is 0 Å². The Hall–Kier alpha value is -2.46. The molecular formula is C19H19N3O. The van der Waals surface area contributed by atoms with Gasteiger partial charge in [-0.1, -0.05) is 18.2 Å². The van der Waals surface area contributed by atoms with Crippen LogP contribution in [0.3, 0.4) is 0 Å². The van der Waals surface area contributed by atoms with Crippen LogP contribution in [0.2, 0.25) is 0 Å². The quantitative estimate of drug-likeness (QED) is 0.544. The third-order valence-electron chi connectivity index (χ3n) is 4.48. The van der Waals surface area contributed by atoms with Crippen molar-refractivity contribution in [3.05, 3.63) is 58.5 Å². The fourth-order valence-electron chi connectivity index (χ4n) is 3.39. The summed E-state index contributed by atoms with van der Waals surface area (Å²) >= 11 is 0. The van der Waals surface area contributed by atoms with E-state index in [0.29, 0.717) is 0 Å². The zero-order valence-corrected chi connectivity index (χ0v) is 13.4. The van der Waals surface area contributed by atoms with Gasteiger partial charge in [-0.2, -0.15) is 0 Å². The smallest absolute Gasteiger partial charge is 0.197 e. The van der Waals surface area contributed by atoms with Gasteiger partial charge in [-0.3, -0.25) is 9.20 Å². The van der Waals surface area contributed by atoms with E-state index in [1.807, 2.05) is 36.7 Å².